The number of halogens is 4. The highest BCUT2D eigenvalue weighted by Crippen LogP contribution is 2.36. The Hall–Kier alpha value is -0.590. The van der Waals surface area contributed by atoms with Gasteiger partial charge in [-0.05, 0) is 42.5 Å². The molecular weight excluding hydrogens is 335 g/mol. The van der Waals surface area contributed by atoms with Crippen LogP contribution in [-0.2, 0) is 6.18 Å². The number of rotatable bonds is 3. The normalized spacial score (nSPS) is 20.1. The molecule has 0 saturated heterocycles. The summed E-state index contributed by atoms with van der Waals surface area (Å²) >= 11 is 3.07. The lowest BCUT2D eigenvalue weighted by molar-refractivity contribution is -0.137. The van der Waals surface area contributed by atoms with Gasteiger partial charge in [0.25, 0.3) is 0 Å². The average Bonchev–Trinajstić information content (AvgIpc) is 2.89. The van der Waals surface area contributed by atoms with Gasteiger partial charge in [-0.15, -0.1) is 0 Å². The highest BCUT2D eigenvalue weighted by molar-refractivity contribution is 9.10. The zero-order valence-electron chi connectivity index (χ0n) is 10.8. The minimum Gasteiger partial charge on any atom is -0.391 e. The van der Waals surface area contributed by atoms with Gasteiger partial charge in [0.05, 0.1) is 17.7 Å². The van der Waals surface area contributed by atoms with Crippen molar-refractivity contribution in [2.45, 2.75) is 44.0 Å². The molecule has 2 nitrogen and oxygen atoms in total. The summed E-state index contributed by atoms with van der Waals surface area (Å²) in [5, 5.41) is 10.2. The van der Waals surface area contributed by atoms with Crippen LogP contribution in [0.1, 0.15) is 42.9 Å². The first-order valence-electron chi connectivity index (χ1n) is 6.60. The summed E-state index contributed by atoms with van der Waals surface area (Å²) in [5.74, 6) is 0.0818. The maximum Gasteiger partial charge on any atom is 0.416 e. The van der Waals surface area contributed by atoms with Crippen LogP contribution in [-0.4, -0.2) is 11.2 Å². The third-order valence-electron chi connectivity index (χ3n) is 3.88. The molecule has 0 aliphatic heterocycles. The minimum atomic E-state index is -4.42. The molecule has 0 aromatic heterocycles. The molecule has 6 heteroatoms. The van der Waals surface area contributed by atoms with E-state index in [-0.39, 0.29) is 5.92 Å². The highest BCUT2D eigenvalue weighted by Gasteiger charge is 2.33. The number of nitrogens with two attached hydrogens (primary N) is 1. The van der Waals surface area contributed by atoms with E-state index in [0.29, 0.717) is 10.0 Å². The van der Waals surface area contributed by atoms with E-state index in [4.69, 9.17) is 5.73 Å². The molecule has 0 bridgehead atoms. The van der Waals surface area contributed by atoms with Gasteiger partial charge >= 0.3 is 6.18 Å². The largest absolute Gasteiger partial charge is 0.416 e. The Balaban J connectivity index is 2.24. The molecule has 0 amide bonds. The summed E-state index contributed by atoms with van der Waals surface area (Å²) in [6.07, 6.45) is -1.37. The van der Waals surface area contributed by atoms with Crippen molar-refractivity contribution in [2.75, 3.05) is 0 Å². The molecule has 1 aliphatic carbocycles. The first-order valence-corrected chi connectivity index (χ1v) is 7.39. The summed E-state index contributed by atoms with van der Waals surface area (Å²) in [7, 11) is 0. The summed E-state index contributed by atoms with van der Waals surface area (Å²) in [6, 6.07) is 2.78. The van der Waals surface area contributed by atoms with Crippen LogP contribution in [0.2, 0.25) is 0 Å². The lowest BCUT2D eigenvalue weighted by atomic mass is 9.90. The van der Waals surface area contributed by atoms with Crippen LogP contribution in [0.5, 0.6) is 0 Å². The molecule has 2 rings (SSSR count). The van der Waals surface area contributed by atoms with Gasteiger partial charge in [0.1, 0.15) is 0 Å². The lowest BCUT2D eigenvalue weighted by Crippen LogP contribution is -2.32. The van der Waals surface area contributed by atoms with Gasteiger partial charge in [-0.1, -0.05) is 28.8 Å². The summed E-state index contributed by atoms with van der Waals surface area (Å²) in [5.41, 5.74) is 5.52. The van der Waals surface area contributed by atoms with Gasteiger partial charge in [0.2, 0.25) is 0 Å². The zero-order valence-corrected chi connectivity index (χ0v) is 12.4. The minimum absolute atomic E-state index is 0.0818. The second-order valence-electron chi connectivity index (χ2n) is 5.33. The van der Waals surface area contributed by atoms with E-state index >= 15 is 0 Å². The van der Waals surface area contributed by atoms with Crippen LogP contribution in [0, 0.1) is 5.92 Å². The van der Waals surface area contributed by atoms with Crippen LogP contribution < -0.4 is 5.73 Å². The second kappa shape index (κ2) is 6.03. The molecule has 1 aromatic rings. The van der Waals surface area contributed by atoms with E-state index in [1.807, 2.05) is 0 Å². The zero-order chi connectivity index (χ0) is 14.9. The Bertz CT molecular complexity index is 472. The Morgan fingerprint density at radius 1 is 1.20 bits per heavy atom. The van der Waals surface area contributed by atoms with Gasteiger partial charge < -0.3 is 10.8 Å². The molecular formula is C14H17BrF3NO. The van der Waals surface area contributed by atoms with Gasteiger partial charge in [-0.2, -0.15) is 13.2 Å². The van der Waals surface area contributed by atoms with Gasteiger partial charge in [0, 0.05) is 4.47 Å². The Kier molecular flexibility index (Phi) is 4.76. The predicted octanol–water partition coefficient (Wildman–Crippen LogP) is 4.02. The first kappa shape index (κ1) is 15.8. The topological polar surface area (TPSA) is 46.2 Å². The fraction of sp³-hybridized carbons (Fsp3) is 0.571. The predicted molar refractivity (Wildman–Crippen MR) is 74.0 cm³/mol. The van der Waals surface area contributed by atoms with E-state index in [1.54, 1.807) is 0 Å². The fourth-order valence-electron chi connectivity index (χ4n) is 2.76. The van der Waals surface area contributed by atoms with Crippen LogP contribution in [0.4, 0.5) is 13.2 Å². The number of aliphatic hydroxyl groups is 1. The number of benzene rings is 1. The summed E-state index contributed by atoms with van der Waals surface area (Å²) in [6.45, 7) is 0. The van der Waals surface area contributed by atoms with Crippen LogP contribution in [0.15, 0.2) is 22.7 Å². The Labute approximate surface area is 124 Å². The molecule has 1 aromatic carbocycles. The van der Waals surface area contributed by atoms with E-state index in [0.717, 1.165) is 37.8 Å². The van der Waals surface area contributed by atoms with Gasteiger partial charge in [-0.25, -0.2) is 0 Å². The maximum atomic E-state index is 12.8. The van der Waals surface area contributed by atoms with Gasteiger partial charge in [-0.3, -0.25) is 0 Å². The third-order valence-corrected chi connectivity index (χ3v) is 4.34. The van der Waals surface area contributed by atoms with Crippen molar-refractivity contribution in [3.05, 3.63) is 33.8 Å². The van der Waals surface area contributed by atoms with E-state index < -0.39 is 23.9 Å². The van der Waals surface area contributed by atoms with Crippen LogP contribution in [0.3, 0.4) is 0 Å². The maximum absolute atomic E-state index is 12.8. The highest BCUT2D eigenvalue weighted by atomic mass is 79.9. The van der Waals surface area contributed by atoms with Crippen molar-refractivity contribution in [1.29, 1.82) is 0 Å². The number of aliphatic hydroxyl groups excluding tert-OH is 1. The standard InChI is InChI=1S/C14H17BrF3NO/c15-11-6-9(5-10(7-11)14(16,17)18)12(19)13(20)8-3-1-2-4-8/h5-8,12-13,20H,1-4,19H2/t12-,13+/m0/s1. The molecule has 2 atom stereocenters. The third kappa shape index (κ3) is 3.54. The van der Waals surface area contributed by atoms with Crippen molar-refractivity contribution in [3.8, 4) is 0 Å². The first-order chi connectivity index (χ1) is 9.29. The quantitative estimate of drug-likeness (QED) is 0.863. The van der Waals surface area contributed by atoms with Crippen molar-refractivity contribution < 1.29 is 18.3 Å². The molecule has 20 heavy (non-hydrogen) atoms. The molecule has 0 unspecified atom stereocenters. The Morgan fingerprint density at radius 3 is 2.35 bits per heavy atom. The number of hydrogen-bond donors (Lipinski definition) is 2. The molecule has 0 heterocycles. The lowest BCUT2D eigenvalue weighted by Gasteiger charge is -2.25. The van der Waals surface area contributed by atoms with E-state index in [1.165, 1.54) is 6.07 Å². The molecule has 1 saturated carbocycles. The SMILES string of the molecule is N[C@@H](c1cc(Br)cc(C(F)(F)F)c1)[C@H](O)C1CCCC1. The summed E-state index contributed by atoms with van der Waals surface area (Å²) in [4.78, 5) is 0. The van der Waals surface area contributed by atoms with Crippen molar-refractivity contribution in [2.24, 2.45) is 11.7 Å². The monoisotopic (exact) mass is 351 g/mol. The van der Waals surface area contributed by atoms with E-state index in [9.17, 15) is 18.3 Å². The smallest absolute Gasteiger partial charge is 0.391 e. The van der Waals surface area contributed by atoms with Crippen molar-refractivity contribution >= 4 is 15.9 Å². The van der Waals surface area contributed by atoms with Crippen LogP contribution in [0.25, 0.3) is 0 Å². The second-order valence-corrected chi connectivity index (χ2v) is 6.25. The number of hydrogen-bond acceptors (Lipinski definition) is 2. The average molecular weight is 352 g/mol. The van der Waals surface area contributed by atoms with Crippen LogP contribution >= 0.6 is 15.9 Å². The molecule has 1 fully saturated rings. The Morgan fingerprint density at radius 2 is 1.80 bits per heavy atom. The molecule has 3 N–H and O–H groups in total. The number of alkyl halides is 3. The molecule has 1 aliphatic rings. The summed E-state index contributed by atoms with van der Waals surface area (Å²) < 4.78 is 38.7. The fourth-order valence-corrected chi connectivity index (χ4v) is 3.27. The molecule has 0 radical (unpaired) electrons. The van der Waals surface area contributed by atoms with Crippen molar-refractivity contribution in [3.63, 3.8) is 0 Å². The molecule has 112 valence electrons. The molecule has 0 spiro atoms. The van der Waals surface area contributed by atoms with Crippen molar-refractivity contribution in [1.82, 2.24) is 0 Å². The van der Waals surface area contributed by atoms with E-state index in [2.05, 4.69) is 15.9 Å². The van der Waals surface area contributed by atoms with Gasteiger partial charge in [0.15, 0.2) is 0 Å².